The van der Waals surface area contributed by atoms with Gasteiger partial charge >= 0.3 is 0 Å². The van der Waals surface area contributed by atoms with E-state index in [1.807, 2.05) is 0 Å². The summed E-state index contributed by atoms with van der Waals surface area (Å²) in [5.41, 5.74) is 3.16. The molecule has 1 aromatic carbocycles. The molecule has 3 aliphatic rings. The fourth-order valence-electron chi connectivity index (χ4n) is 4.18. The maximum Gasteiger partial charge on any atom is 0.191 e. The molecule has 4 rings (SSSR count). The highest BCUT2D eigenvalue weighted by Crippen LogP contribution is 2.61. The summed E-state index contributed by atoms with van der Waals surface area (Å²) in [6, 6.07) is 9.48. The lowest BCUT2D eigenvalue weighted by Gasteiger charge is -2.17. The molecule has 0 aromatic heterocycles. The lowest BCUT2D eigenvalue weighted by Crippen LogP contribution is -2.42. The zero-order valence-corrected chi connectivity index (χ0v) is 13.3. The minimum absolute atomic E-state index is 0.525. The standard InChI is InChI=1S/C19H25N3/c1-2-20-19(22-14-8-4-5-9-14)21-12-17-16-11-13-7-3-6-10-15(13)18(16)17/h3-7,10,14,16-18H,2,8-9,11-12H2,1H3,(H2,20,21,22). The summed E-state index contributed by atoms with van der Waals surface area (Å²) in [6.45, 7) is 4.01. The maximum atomic E-state index is 4.86. The maximum absolute atomic E-state index is 4.86. The third-order valence-corrected chi connectivity index (χ3v) is 5.35. The van der Waals surface area contributed by atoms with Crippen molar-refractivity contribution >= 4 is 5.96 Å². The Morgan fingerprint density at radius 3 is 2.86 bits per heavy atom. The molecule has 1 saturated carbocycles. The van der Waals surface area contributed by atoms with Crippen molar-refractivity contribution in [2.75, 3.05) is 13.1 Å². The third kappa shape index (κ3) is 2.53. The smallest absolute Gasteiger partial charge is 0.191 e. The van der Waals surface area contributed by atoms with Crippen LogP contribution in [0.2, 0.25) is 0 Å². The molecule has 0 spiro atoms. The molecular formula is C19H25N3. The average molecular weight is 295 g/mol. The number of aliphatic imine (C=N–C) groups is 1. The van der Waals surface area contributed by atoms with Crippen LogP contribution < -0.4 is 10.6 Å². The van der Waals surface area contributed by atoms with Crippen molar-refractivity contribution in [2.45, 2.75) is 38.1 Å². The number of hydrogen-bond donors (Lipinski definition) is 2. The summed E-state index contributed by atoms with van der Waals surface area (Å²) >= 11 is 0. The summed E-state index contributed by atoms with van der Waals surface area (Å²) < 4.78 is 0. The molecule has 116 valence electrons. The minimum atomic E-state index is 0.525. The van der Waals surface area contributed by atoms with E-state index in [1.165, 1.54) is 6.42 Å². The quantitative estimate of drug-likeness (QED) is 0.509. The Morgan fingerprint density at radius 1 is 1.23 bits per heavy atom. The van der Waals surface area contributed by atoms with Gasteiger partial charge in [-0.25, -0.2) is 0 Å². The second-order valence-corrected chi connectivity index (χ2v) is 6.76. The molecule has 1 aromatic rings. The molecule has 22 heavy (non-hydrogen) atoms. The molecule has 1 fully saturated rings. The summed E-state index contributed by atoms with van der Waals surface area (Å²) in [5, 5.41) is 6.95. The van der Waals surface area contributed by atoms with Crippen molar-refractivity contribution in [2.24, 2.45) is 16.8 Å². The predicted octanol–water partition coefficient (Wildman–Crippen LogP) is 2.85. The van der Waals surface area contributed by atoms with Crippen molar-refractivity contribution in [1.29, 1.82) is 0 Å². The molecule has 3 aliphatic carbocycles. The molecule has 0 saturated heterocycles. The first kappa shape index (κ1) is 13.9. The molecule has 3 atom stereocenters. The first-order chi connectivity index (χ1) is 10.9. The van der Waals surface area contributed by atoms with Gasteiger partial charge in [-0.2, -0.15) is 0 Å². The molecule has 0 aliphatic heterocycles. The van der Waals surface area contributed by atoms with Gasteiger partial charge in [0.1, 0.15) is 0 Å². The van der Waals surface area contributed by atoms with Crippen molar-refractivity contribution in [3.63, 3.8) is 0 Å². The monoisotopic (exact) mass is 295 g/mol. The van der Waals surface area contributed by atoms with Crippen molar-refractivity contribution < 1.29 is 0 Å². The van der Waals surface area contributed by atoms with E-state index in [-0.39, 0.29) is 0 Å². The molecule has 0 bridgehead atoms. The van der Waals surface area contributed by atoms with E-state index >= 15 is 0 Å². The van der Waals surface area contributed by atoms with Gasteiger partial charge in [0.25, 0.3) is 0 Å². The second-order valence-electron chi connectivity index (χ2n) is 6.76. The van der Waals surface area contributed by atoms with Gasteiger partial charge in [-0.05, 0) is 55.1 Å². The van der Waals surface area contributed by atoms with Crippen LogP contribution in [0.5, 0.6) is 0 Å². The number of fused-ring (bicyclic) bond motifs is 3. The summed E-state index contributed by atoms with van der Waals surface area (Å²) in [6.07, 6.45) is 8.00. The van der Waals surface area contributed by atoms with E-state index in [4.69, 9.17) is 4.99 Å². The van der Waals surface area contributed by atoms with Gasteiger partial charge in [-0.3, -0.25) is 4.99 Å². The molecule has 3 heteroatoms. The summed E-state index contributed by atoms with van der Waals surface area (Å²) in [7, 11) is 0. The van der Waals surface area contributed by atoms with Gasteiger partial charge in [-0.1, -0.05) is 36.4 Å². The van der Waals surface area contributed by atoms with Crippen LogP contribution in [0.3, 0.4) is 0 Å². The molecule has 0 amide bonds. The van der Waals surface area contributed by atoms with Crippen molar-refractivity contribution in [1.82, 2.24) is 10.6 Å². The highest BCUT2D eigenvalue weighted by Gasteiger charge is 2.54. The Labute approximate surface area is 132 Å². The summed E-state index contributed by atoms with van der Waals surface area (Å²) in [5.74, 6) is 3.37. The van der Waals surface area contributed by atoms with Gasteiger partial charge < -0.3 is 10.6 Å². The Hall–Kier alpha value is -1.77. The van der Waals surface area contributed by atoms with Crippen LogP contribution in [0, 0.1) is 11.8 Å². The third-order valence-electron chi connectivity index (χ3n) is 5.35. The molecule has 2 N–H and O–H groups in total. The van der Waals surface area contributed by atoms with Crippen molar-refractivity contribution in [3.05, 3.63) is 47.5 Å². The number of hydrogen-bond acceptors (Lipinski definition) is 1. The number of guanidine groups is 1. The largest absolute Gasteiger partial charge is 0.357 e. The first-order valence-electron chi connectivity index (χ1n) is 8.64. The van der Waals surface area contributed by atoms with E-state index in [0.717, 1.165) is 49.6 Å². The second kappa shape index (κ2) is 5.79. The van der Waals surface area contributed by atoms with Crippen LogP contribution in [0.4, 0.5) is 0 Å². The van der Waals surface area contributed by atoms with Crippen molar-refractivity contribution in [3.8, 4) is 0 Å². The molecular weight excluding hydrogens is 270 g/mol. The lowest BCUT2D eigenvalue weighted by atomic mass is 10.0. The van der Waals surface area contributed by atoms with E-state index in [1.54, 1.807) is 11.1 Å². The minimum Gasteiger partial charge on any atom is -0.357 e. The Balaban J connectivity index is 1.37. The number of nitrogens with one attached hydrogen (secondary N) is 2. The number of rotatable bonds is 4. The Bertz CT molecular complexity index is 596. The molecule has 0 radical (unpaired) electrons. The van der Waals surface area contributed by atoms with Crippen LogP contribution in [0.1, 0.15) is 36.8 Å². The number of benzene rings is 1. The fourth-order valence-corrected chi connectivity index (χ4v) is 4.18. The van der Waals surface area contributed by atoms with Crippen LogP contribution in [0.25, 0.3) is 0 Å². The Kier molecular flexibility index (Phi) is 3.65. The van der Waals surface area contributed by atoms with Gasteiger partial charge in [-0.15, -0.1) is 0 Å². The van der Waals surface area contributed by atoms with Gasteiger partial charge in [0.05, 0.1) is 0 Å². The van der Waals surface area contributed by atoms with E-state index in [9.17, 15) is 0 Å². The number of nitrogens with zero attached hydrogens (tertiary/aromatic N) is 1. The molecule has 3 nitrogen and oxygen atoms in total. The van der Waals surface area contributed by atoms with E-state index in [0.29, 0.717) is 6.04 Å². The zero-order chi connectivity index (χ0) is 14.9. The fraction of sp³-hybridized carbons (Fsp3) is 0.526. The first-order valence-corrected chi connectivity index (χ1v) is 8.64. The van der Waals surface area contributed by atoms with Crippen LogP contribution in [-0.4, -0.2) is 25.1 Å². The van der Waals surface area contributed by atoms with Crippen LogP contribution in [-0.2, 0) is 6.42 Å². The van der Waals surface area contributed by atoms with Crippen LogP contribution >= 0.6 is 0 Å². The van der Waals surface area contributed by atoms with Gasteiger partial charge in [0, 0.05) is 19.1 Å². The molecule has 3 unspecified atom stereocenters. The van der Waals surface area contributed by atoms with Gasteiger partial charge in [0.15, 0.2) is 5.96 Å². The van der Waals surface area contributed by atoms with Gasteiger partial charge in [0.2, 0.25) is 0 Å². The zero-order valence-electron chi connectivity index (χ0n) is 13.3. The predicted molar refractivity (Wildman–Crippen MR) is 91.1 cm³/mol. The SMILES string of the molecule is CCNC(=NCC1C2Cc3ccccc3C12)NC1CC=CC1. The molecule has 0 heterocycles. The van der Waals surface area contributed by atoms with Crippen LogP contribution in [0.15, 0.2) is 41.4 Å². The summed E-state index contributed by atoms with van der Waals surface area (Å²) in [4.78, 5) is 4.86. The normalized spacial score (nSPS) is 29.3. The highest BCUT2D eigenvalue weighted by atomic mass is 15.2. The van der Waals surface area contributed by atoms with E-state index in [2.05, 4.69) is 54.0 Å². The van der Waals surface area contributed by atoms with E-state index < -0.39 is 0 Å². The topological polar surface area (TPSA) is 36.4 Å². The lowest BCUT2D eigenvalue weighted by molar-refractivity contribution is 0.627. The Morgan fingerprint density at radius 2 is 2.05 bits per heavy atom. The average Bonchev–Trinajstić information content (AvgIpc) is 2.92. The highest BCUT2D eigenvalue weighted by molar-refractivity contribution is 5.80.